The van der Waals surface area contributed by atoms with E-state index in [-0.39, 0.29) is 11.8 Å². The van der Waals surface area contributed by atoms with E-state index in [1.807, 2.05) is 4.90 Å². The fraction of sp³-hybridized carbons (Fsp3) is 0.909. The zero-order chi connectivity index (χ0) is 11.1. The van der Waals surface area contributed by atoms with Gasteiger partial charge in [0.05, 0.1) is 0 Å². The summed E-state index contributed by atoms with van der Waals surface area (Å²) >= 11 is 5.70. The average molecular weight is 234 g/mol. The molecule has 0 bridgehead atoms. The van der Waals surface area contributed by atoms with E-state index in [1.165, 1.54) is 0 Å². The van der Waals surface area contributed by atoms with Crippen molar-refractivity contribution in [3.8, 4) is 0 Å². The molecule has 1 saturated heterocycles. The van der Waals surface area contributed by atoms with Crippen LogP contribution in [-0.2, 0) is 9.53 Å². The SMILES string of the molecule is CCCN(CCCl)C(=O)C1CCOCC1. The molecule has 1 aliphatic rings. The quantitative estimate of drug-likeness (QED) is 0.679. The number of ether oxygens (including phenoxy) is 1. The highest BCUT2D eigenvalue weighted by Gasteiger charge is 2.25. The molecule has 0 aromatic rings. The Kier molecular flexibility index (Phi) is 6.03. The molecule has 1 rings (SSSR count). The Morgan fingerprint density at radius 1 is 1.40 bits per heavy atom. The van der Waals surface area contributed by atoms with Crippen molar-refractivity contribution in [2.24, 2.45) is 5.92 Å². The minimum absolute atomic E-state index is 0.161. The summed E-state index contributed by atoms with van der Waals surface area (Å²) in [6.45, 7) is 5.02. The first-order valence-corrected chi connectivity index (χ1v) is 6.25. The molecule has 1 fully saturated rings. The topological polar surface area (TPSA) is 29.5 Å². The number of alkyl halides is 1. The summed E-state index contributed by atoms with van der Waals surface area (Å²) in [7, 11) is 0. The van der Waals surface area contributed by atoms with E-state index in [4.69, 9.17) is 16.3 Å². The Balaban J connectivity index is 2.45. The first-order valence-electron chi connectivity index (χ1n) is 5.72. The molecule has 3 nitrogen and oxygen atoms in total. The third kappa shape index (κ3) is 3.99. The zero-order valence-electron chi connectivity index (χ0n) is 9.38. The molecule has 0 aromatic heterocycles. The smallest absolute Gasteiger partial charge is 0.225 e. The maximum absolute atomic E-state index is 12.1. The van der Waals surface area contributed by atoms with E-state index < -0.39 is 0 Å². The number of amides is 1. The van der Waals surface area contributed by atoms with Gasteiger partial charge in [0.25, 0.3) is 0 Å². The lowest BCUT2D eigenvalue weighted by Crippen LogP contribution is -2.40. The second kappa shape index (κ2) is 7.07. The molecule has 0 N–H and O–H groups in total. The molecular weight excluding hydrogens is 214 g/mol. The van der Waals surface area contributed by atoms with E-state index in [9.17, 15) is 4.79 Å². The molecule has 0 aromatic carbocycles. The van der Waals surface area contributed by atoms with Gasteiger partial charge in [-0.2, -0.15) is 0 Å². The molecule has 4 heteroatoms. The summed E-state index contributed by atoms with van der Waals surface area (Å²) in [4.78, 5) is 14.0. The van der Waals surface area contributed by atoms with E-state index in [0.717, 1.165) is 39.0 Å². The maximum Gasteiger partial charge on any atom is 0.225 e. The summed E-state index contributed by atoms with van der Waals surface area (Å²) in [5.41, 5.74) is 0. The van der Waals surface area contributed by atoms with Gasteiger partial charge in [-0.15, -0.1) is 11.6 Å². The number of nitrogens with zero attached hydrogens (tertiary/aromatic N) is 1. The van der Waals surface area contributed by atoms with Crippen LogP contribution in [0.4, 0.5) is 0 Å². The Morgan fingerprint density at radius 2 is 2.07 bits per heavy atom. The van der Waals surface area contributed by atoms with Crippen LogP contribution < -0.4 is 0 Å². The predicted octanol–water partition coefficient (Wildman–Crippen LogP) is 1.89. The number of hydrogen-bond acceptors (Lipinski definition) is 2. The highest BCUT2D eigenvalue weighted by atomic mass is 35.5. The summed E-state index contributed by atoms with van der Waals surface area (Å²) in [6, 6.07) is 0. The van der Waals surface area contributed by atoms with E-state index in [0.29, 0.717) is 12.4 Å². The van der Waals surface area contributed by atoms with Gasteiger partial charge in [-0.3, -0.25) is 4.79 Å². The first kappa shape index (κ1) is 12.8. The van der Waals surface area contributed by atoms with Crippen molar-refractivity contribution in [1.82, 2.24) is 4.90 Å². The lowest BCUT2D eigenvalue weighted by atomic mass is 9.98. The molecular formula is C11H20ClNO2. The average Bonchev–Trinajstić information content (AvgIpc) is 2.29. The van der Waals surface area contributed by atoms with Gasteiger partial charge in [0.15, 0.2) is 0 Å². The van der Waals surface area contributed by atoms with Gasteiger partial charge in [-0.25, -0.2) is 0 Å². The van der Waals surface area contributed by atoms with E-state index >= 15 is 0 Å². The van der Waals surface area contributed by atoms with Crippen LogP contribution in [0.2, 0.25) is 0 Å². The molecule has 0 aliphatic carbocycles. The summed E-state index contributed by atoms with van der Waals surface area (Å²) in [5.74, 6) is 0.948. The van der Waals surface area contributed by atoms with Gasteiger partial charge in [-0.1, -0.05) is 6.92 Å². The molecule has 0 spiro atoms. The molecule has 0 saturated carbocycles. The van der Waals surface area contributed by atoms with Crippen LogP contribution in [0.5, 0.6) is 0 Å². The number of carbonyl (C=O) groups excluding carboxylic acids is 1. The van der Waals surface area contributed by atoms with Crippen molar-refractivity contribution in [3.05, 3.63) is 0 Å². The number of hydrogen-bond donors (Lipinski definition) is 0. The van der Waals surface area contributed by atoms with Crippen LogP contribution >= 0.6 is 11.6 Å². The monoisotopic (exact) mass is 233 g/mol. The highest BCUT2D eigenvalue weighted by Crippen LogP contribution is 2.17. The van der Waals surface area contributed by atoms with Crippen LogP contribution in [0, 0.1) is 5.92 Å². The molecule has 0 radical (unpaired) electrons. The third-order valence-electron chi connectivity index (χ3n) is 2.73. The number of halogens is 1. The fourth-order valence-electron chi connectivity index (χ4n) is 1.91. The predicted molar refractivity (Wildman–Crippen MR) is 61.1 cm³/mol. The highest BCUT2D eigenvalue weighted by molar-refractivity contribution is 6.18. The summed E-state index contributed by atoms with van der Waals surface area (Å²) in [6.07, 6.45) is 2.72. The van der Waals surface area contributed by atoms with Gasteiger partial charge >= 0.3 is 0 Å². The van der Waals surface area contributed by atoms with Crippen molar-refractivity contribution in [2.45, 2.75) is 26.2 Å². The normalized spacial score (nSPS) is 17.7. The fourth-order valence-corrected chi connectivity index (χ4v) is 2.11. The van der Waals surface area contributed by atoms with E-state index in [2.05, 4.69) is 6.92 Å². The van der Waals surface area contributed by atoms with Crippen LogP contribution in [0.1, 0.15) is 26.2 Å². The lowest BCUT2D eigenvalue weighted by Gasteiger charge is -2.28. The maximum atomic E-state index is 12.1. The number of rotatable bonds is 5. The van der Waals surface area contributed by atoms with Crippen LogP contribution in [0.3, 0.4) is 0 Å². The van der Waals surface area contributed by atoms with Gasteiger partial charge < -0.3 is 9.64 Å². The van der Waals surface area contributed by atoms with Crippen molar-refractivity contribution < 1.29 is 9.53 Å². The number of carbonyl (C=O) groups is 1. The molecule has 0 unspecified atom stereocenters. The van der Waals surface area contributed by atoms with Crippen LogP contribution in [0.25, 0.3) is 0 Å². The van der Waals surface area contributed by atoms with Crippen LogP contribution in [-0.4, -0.2) is 43.0 Å². The first-order chi connectivity index (χ1) is 7.29. The standard InChI is InChI=1S/C11H20ClNO2/c1-2-6-13(7-5-12)11(14)10-3-8-15-9-4-10/h10H,2-9H2,1H3. The molecule has 1 heterocycles. The van der Waals surface area contributed by atoms with Crippen molar-refractivity contribution in [2.75, 3.05) is 32.2 Å². The van der Waals surface area contributed by atoms with Crippen molar-refractivity contribution in [1.29, 1.82) is 0 Å². The van der Waals surface area contributed by atoms with Crippen LogP contribution in [0.15, 0.2) is 0 Å². The molecule has 1 amide bonds. The third-order valence-corrected chi connectivity index (χ3v) is 2.90. The lowest BCUT2D eigenvalue weighted by molar-refractivity contribution is -0.138. The Hall–Kier alpha value is -0.280. The summed E-state index contributed by atoms with van der Waals surface area (Å²) in [5, 5.41) is 0. The van der Waals surface area contributed by atoms with Gasteiger partial charge in [0, 0.05) is 38.1 Å². The summed E-state index contributed by atoms with van der Waals surface area (Å²) < 4.78 is 5.25. The Labute approximate surface area is 96.7 Å². The van der Waals surface area contributed by atoms with Crippen molar-refractivity contribution in [3.63, 3.8) is 0 Å². The van der Waals surface area contributed by atoms with E-state index in [1.54, 1.807) is 0 Å². The van der Waals surface area contributed by atoms with Gasteiger partial charge in [0.2, 0.25) is 5.91 Å². The zero-order valence-corrected chi connectivity index (χ0v) is 10.1. The van der Waals surface area contributed by atoms with Gasteiger partial charge in [0.1, 0.15) is 0 Å². The molecule has 15 heavy (non-hydrogen) atoms. The second-order valence-electron chi connectivity index (χ2n) is 3.90. The Morgan fingerprint density at radius 3 is 2.60 bits per heavy atom. The molecule has 1 aliphatic heterocycles. The van der Waals surface area contributed by atoms with Gasteiger partial charge in [-0.05, 0) is 19.3 Å². The Bertz CT molecular complexity index is 187. The largest absolute Gasteiger partial charge is 0.381 e. The van der Waals surface area contributed by atoms with Crippen molar-refractivity contribution >= 4 is 17.5 Å². The molecule has 88 valence electrons. The molecule has 0 atom stereocenters. The minimum atomic E-state index is 0.161. The minimum Gasteiger partial charge on any atom is -0.381 e. The second-order valence-corrected chi connectivity index (χ2v) is 4.28.